The van der Waals surface area contributed by atoms with Crippen LogP contribution in [0.1, 0.15) is 52.4 Å². The van der Waals surface area contributed by atoms with E-state index < -0.39 is 0 Å². The zero-order chi connectivity index (χ0) is 22.6. The molecule has 0 spiro atoms. The van der Waals surface area contributed by atoms with Crippen molar-refractivity contribution >= 4 is 11.5 Å². The van der Waals surface area contributed by atoms with E-state index in [9.17, 15) is 4.39 Å². The summed E-state index contributed by atoms with van der Waals surface area (Å²) in [6.07, 6.45) is 8.27. The van der Waals surface area contributed by atoms with E-state index >= 15 is 0 Å². The van der Waals surface area contributed by atoms with Crippen molar-refractivity contribution in [3.8, 4) is 11.1 Å². The van der Waals surface area contributed by atoms with Gasteiger partial charge in [-0.25, -0.2) is 9.37 Å². The van der Waals surface area contributed by atoms with Gasteiger partial charge in [0.2, 0.25) is 0 Å². The van der Waals surface area contributed by atoms with Crippen LogP contribution in [-0.2, 0) is 4.74 Å². The Morgan fingerprint density at radius 3 is 2.62 bits per heavy atom. The number of rotatable bonds is 10. The lowest BCUT2D eigenvalue weighted by molar-refractivity contribution is 0.161. The molecule has 0 amide bonds. The van der Waals surface area contributed by atoms with Crippen molar-refractivity contribution in [3.05, 3.63) is 42.3 Å². The molecule has 2 aliphatic rings. The van der Waals surface area contributed by atoms with Crippen LogP contribution in [0.15, 0.2) is 36.5 Å². The van der Waals surface area contributed by atoms with Crippen LogP contribution in [0.3, 0.4) is 0 Å². The molecule has 0 aliphatic heterocycles. The Labute approximate surface area is 191 Å². The summed E-state index contributed by atoms with van der Waals surface area (Å²) in [5, 5.41) is 10.7. The molecule has 174 valence electrons. The molecule has 6 heteroatoms. The van der Waals surface area contributed by atoms with Gasteiger partial charge in [0.15, 0.2) is 0 Å². The van der Waals surface area contributed by atoms with Crippen molar-refractivity contribution in [1.82, 2.24) is 10.3 Å². The molecular formula is C26H37FN4O. The Kier molecular flexibility index (Phi) is 7.31. The Morgan fingerprint density at radius 2 is 1.91 bits per heavy atom. The highest BCUT2D eigenvalue weighted by atomic mass is 19.1. The summed E-state index contributed by atoms with van der Waals surface area (Å²) in [5.74, 6) is 0.455. The molecule has 5 nitrogen and oxygen atoms in total. The number of methoxy groups -OCH3 is 1. The van der Waals surface area contributed by atoms with Gasteiger partial charge in [-0.1, -0.05) is 19.1 Å². The topological polar surface area (TPSA) is 58.2 Å². The predicted molar refractivity (Wildman–Crippen MR) is 130 cm³/mol. The molecule has 2 aromatic rings. The lowest BCUT2D eigenvalue weighted by Crippen LogP contribution is -2.42. The van der Waals surface area contributed by atoms with Gasteiger partial charge in [-0.15, -0.1) is 0 Å². The first-order valence-electron chi connectivity index (χ1n) is 12.0. The highest BCUT2D eigenvalue weighted by molar-refractivity contribution is 5.70. The molecule has 0 unspecified atom stereocenters. The van der Waals surface area contributed by atoms with Crippen molar-refractivity contribution in [2.45, 2.75) is 70.5 Å². The van der Waals surface area contributed by atoms with Gasteiger partial charge in [0, 0.05) is 43.0 Å². The molecule has 0 bridgehead atoms. The maximum Gasteiger partial charge on any atom is 0.149 e. The first kappa shape index (κ1) is 23.0. The quantitative estimate of drug-likeness (QED) is 0.459. The molecule has 4 rings (SSSR count). The third-order valence-electron chi connectivity index (χ3n) is 6.87. The first-order valence-corrected chi connectivity index (χ1v) is 12.0. The van der Waals surface area contributed by atoms with Crippen LogP contribution in [0.5, 0.6) is 0 Å². The van der Waals surface area contributed by atoms with Crippen molar-refractivity contribution < 1.29 is 9.13 Å². The second-order valence-electron chi connectivity index (χ2n) is 10.0. The van der Waals surface area contributed by atoms with Crippen molar-refractivity contribution in [1.29, 1.82) is 0 Å². The van der Waals surface area contributed by atoms with Gasteiger partial charge in [0.25, 0.3) is 0 Å². The zero-order valence-electron chi connectivity index (χ0n) is 19.6. The fourth-order valence-corrected chi connectivity index (χ4v) is 4.56. The van der Waals surface area contributed by atoms with E-state index in [-0.39, 0.29) is 5.82 Å². The second kappa shape index (κ2) is 10.2. The number of anilines is 2. The Bertz CT molecular complexity index is 893. The van der Waals surface area contributed by atoms with Gasteiger partial charge in [-0.2, -0.15) is 0 Å². The largest absolute Gasteiger partial charge is 0.384 e. The number of halogens is 1. The minimum absolute atomic E-state index is 0.290. The maximum absolute atomic E-state index is 14.7. The highest BCUT2D eigenvalue weighted by Crippen LogP contribution is 2.44. The molecule has 1 heterocycles. The Hall–Kier alpha value is -2.18. The summed E-state index contributed by atoms with van der Waals surface area (Å²) in [7, 11) is 1.74. The number of aromatic nitrogens is 1. The molecule has 3 N–H and O–H groups in total. The number of ether oxygens (including phenoxy) is 1. The second-order valence-corrected chi connectivity index (χ2v) is 10.0. The normalized spacial score (nSPS) is 22.9. The molecule has 2 aliphatic carbocycles. The lowest BCUT2D eigenvalue weighted by atomic mass is 9.90. The first-order chi connectivity index (χ1) is 15.4. The Balaban J connectivity index is 1.36. The van der Waals surface area contributed by atoms with Crippen LogP contribution >= 0.6 is 0 Å². The number of benzene rings is 1. The van der Waals surface area contributed by atoms with Crippen molar-refractivity contribution in [2.24, 2.45) is 5.41 Å². The molecule has 0 saturated heterocycles. The van der Waals surface area contributed by atoms with E-state index in [1.54, 1.807) is 7.11 Å². The molecule has 1 aromatic heterocycles. The van der Waals surface area contributed by atoms with Crippen LogP contribution in [-0.4, -0.2) is 43.4 Å². The fourth-order valence-electron chi connectivity index (χ4n) is 4.56. The maximum atomic E-state index is 14.7. The van der Waals surface area contributed by atoms with E-state index in [0.29, 0.717) is 29.1 Å². The summed E-state index contributed by atoms with van der Waals surface area (Å²) in [5.41, 5.74) is 2.92. The molecule has 1 aromatic carbocycles. The van der Waals surface area contributed by atoms with Crippen LogP contribution in [0.4, 0.5) is 15.9 Å². The van der Waals surface area contributed by atoms with Crippen molar-refractivity contribution in [2.75, 3.05) is 30.9 Å². The van der Waals surface area contributed by atoms with Gasteiger partial charge >= 0.3 is 0 Å². The SMILES string of the molecule is COC[C@H](C)NC1CCC(Nc2cc(-c3cccc(NCC4(C)CC4)c3)c(F)cn2)CC1. The third kappa shape index (κ3) is 6.20. The fraction of sp³-hybridized carbons (Fsp3) is 0.577. The van der Waals surface area contributed by atoms with E-state index in [1.807, 2.05) is 30.3 Å². The number of nitrogens with one attached hydrogen (secondary N) is 3. The summed E-state index contributed by atoms with van der Waals surface area (Å²) in [6, 6.07) is 11.1. The number of hydrogen-bond donors (Lipinski definition) is 3. The number of hydrogen-bond acceptors (Lipinski definition) is 5. The average Bonchev–Trinajstić information content (AvgIpc) is 3.53. The summed E-state index contributed by atoms with van der Waals surface area (Å²) in [6.45, 7) is 6.16. The minimum Gasteiger partial charge on any atom is -0.384 e. The predicted octanol–water partition coefficient (Wildman–Crippen LogP) is 5.45. The van der Waals surface area contributed by atoms with E-state index in [2.05, 4.69) is 34.8 Å². The summed E-state index contributed by atoms with van der Waals surface area (Å²) >= 11 is 0. The zero-order valence-corrected chi connectivity index (χ0v) is 19.6. The van der Waals surface area contributed by atoms with Gasteiger partial charge in [0.1, 0.15) is 11.6 Å². The van der Waals surface area contributed by atoms with Crippen LogP contribution < -0.4 is 16.0 Å². The number of pyridine rings is 1. The van der Waals surface area contributed by atoms with Gasteiger partial charge in [0.05, 0.1) is 12.8 Å². The molecule has 2 fully saturated rings. The van der Waals surface area contributed by atoms with Gasteiger partial charge in [-0.05, 0) is 74.6 Å². The monoisotopic (exact) mass is 440 g/mol. The lowest BCUT2D eigenvalue weighted by Gasteiger charge is -2.31. The average molecular weight is 441 g/mol. The van der Waals surface area contributed by atoms with E-state index in [4.69, 9.17) is 4.74 Å². The minimum atomic E-state index is -0.290. The van der Waals surface area contributed by atoms with Crippen LogP contribution in [0.25, 0.3) is 11.1 Å². The van der Waals surface area contributed by atoms with Gasteiger partial charge < -0.3 is 20.7 Å². The van der Waals surface area contributed by atoms with Crippen LogP contribution in [0, 0.1) is 11.2 Å². The van der Waals surface area contributed by atoms with Crippen LogP contribution in [0.2, 0.25) is 0 Å². The third-order valence-corrected chi connectivity index (χ3v) is 6.87. The van der Waals surface area contributed by atoms with E-state index in [0.717, 1.165) is 55.9 Å². The molecule has 2 saturated carbocycles. The molecule has 32 heavy (non-hydrogen) atoms. The molecular weight excluding hydrogens is 403 g/mol. The van der Waals surface area contributed by atoms with Gasteiger partial charge in [-0.3, -0.25) is 0 Å². The standard InChI is InChI=1S/C26H37FN4O/c1-18(16-32-3)30-20-7-9-21(10-8-20)31-25-14-23(24(27)15-28-25)19-5-4-6-22(13-19)29-17-26(2)11-12-26/h4-6,13-15,18,20-21,29-30H,7-12,16-17H2,1-3H3,(H,28,31)/t18-,20?,21?/m0/s1. The molecule has 0 radical (unpaired) electrons. The highest BCUT2D eigenvalue weighted by Gasteiger charge is 2.36. The smallest absolute Gasteiger partial charge is 0.149 e. The van der Waals surface area contributed by atoms with E-state index in [1.165, 1.54) is 19.0 Å². The number of nitrogens with zero attached hydrogens (tertiary/aromatic N) is 1. The summed E-state index contributed by atoms with van der Waals surface area (Å²) in [4.78, 5) is 4.32. The summed E-state index contributed by atoms with van der Waals surface area (Å²) < 4.78 is 19.9. The van der Waals surface area contributed by atoms with Crippen molar-refractivity contribution in [3.63, 3.8) is 0 Å². The Morgan fingerprint density at radius 1 is 1.16 bits per heavy atom. The molecule has 1 atom stereocenters.